The van der Waals surface area contributed by atoms with Crippen LogP contribution in [0.3, 0.4) is 0 Å². The zero-order valence-electron chi connectivity index (χ0n) is 13.4. The monoisotopic (exact) mass is 338 g/mol. The minimum Gasteiger partial charge on any atom is -0.383 e. The van der Waals surface area contributed by atoms with Gasteiger partial charge in [0.2, 0.25) is 5.91 Å². The average molecular weight is 339 g/mol. The summed E-state index contributed by atoms with van der Waals surface area (Å²) in [7, 11) is 1.63. The molecule has 0 aromatic heterocycles. The fraction of sp³-hybridized carbons (Fsp3) is 0.529. The smallest absolute Gasteiger partial charge is 0.236 e. The number of halogens is 1. The van der Waals surface area contributed by atoms with Crippen LogP contribution in [0.2, 0.25) is 5.02 Å². The molecule has 0 saturated carbocycles. The highest BCUT2D eigenvalue weighted by molar-refractivity contribution is 6.30. The van der Waals surface area contributed by atoms with Gasteiger partial charge in [-0.05, 0) is 37.1 Å². The number of methoxy groups -OCH3 is 1. The molecule has 1 heterocycles. The van der Waals surface area contributed by atoms with E-state index in [1.807, 2.05) is 4.90 Å². The SMILES string of the molecule is COCCNCC(=O)N1CCC(C(=O)c2ccc(Cl)cc2)CC1. The summed E-state index contributed by atoms with van der Waals surface area (Å²) in [5.41, 5.74) is 0.695. The van der Waals surface area contributed by atoms with E-state index in [0.29, 0.717) is 56.2 Å². The zero-order chi connectivity index (χ0) is 16.7. The molecule has 0 unspecified atom stereocenters. The van der Waals surface area contributed by atoms with Crippen LogP contribution in [0.4, 0.5) is 0 Å². The summed E-state index contributed by atoms with van der Waals surface area (Å²) < 4.78 is 4.93. The molecule has 0 bridgehead atoms. The number of Topliss-reactive ketones (excluding diaryl/α,β-unsaturated/α-hetero) is 1. The van der Waals surface area contributed by atoms with Crippen LogP contribution in [0, 0.1) is 5.92 Å². The molecule has 1 aliphatic rings. The van der Waals surface area contributed by atoms with Gasteiger partial charge in [0.25, 0.3) is 0 Å². The number of carbonyl (C=O) groups excluding carboxylic acids is 2. The molecule has 5 nitrogen and oxygen atoms in total. The molecule has 1 fully saturated rings. The molecule has 1 N–H and O–H groups in total. The molecule has 23 heavy (non-hydrogen) atoms. The van der Waals surface area contributed by atoms with Gasteiger partial charge >= 0.3 is 0 Å². The van der Waals surface area contributed by atoms with Gasteiger partial charge in [-0.25, -0.2) is 0 Å². The van der Waals surface area contributed by atoms with Crippen LogP contribution in [-0.4, -0.2) is 56.5 Å². The first-order valence-electron chi connectivity index (χ1n) is 7.89. The number of nitrogens with one attached hydrogen (secondary N) is 1. The minimum absolute atomic E-state index is 0.0123. The molecule has 0 spiro atoms. The van der Waals surface area contributed by atoms with Gasteiger partial charge in [-0.1, -0.05) is 11.6 Å². The van der Waals surface area contributed by atoms with Crippen LogP contribution in [0.25, 0.3) is 0 Å². The Morgan fingerprint density at radius 3 is 2.52 bits per heavy atom. The van der Waals surface area contributed by atoms with E-state index in [-0.39, 0.29) is 17.6 Å². The van der Waals surface area contributed by atoms with Crippen LogP contribution in [0.1, 0.15) is 23.2 Å². The molecule has 1 amide bonds. The van der Waals surface area contributed by atoms with Gasteiger partial charge in [0.1, 0.15) is 0 Å². The van der Waals surface area contributed by atoms with Crippen molar-refractivity contribution in [3.63, 3.8) is 0 Å². The number of benzene rings is 1. The van der Waals surface area contributed by atoms with Crippen LogP contribution in [0.15, 0.2) is 24.3 Å². The maximum atomic E-state index is 12.5. The normalized spacial score (nSPS) is 15.7. The standard InChI is InChI=1S/C17H23ClN2O3/c1-23-11-8-19-12-16(21)20-9-6-14(7-10-20)17(22)13-2-4-15(18)5-3-13/h2-5,14,19H,6-12H2,1H3. The van der Waals surface area contributed by atoms with E-state index in [1.165, 1.54) is 0 Å². The lowest BCUT2D eigenvalue weighted by atomic mass is 9.89. The second-order valence-corrected chi connectivity index (χ2v) is 6.13. The zero-order valence-corrected chi connectivity index (χ0v) is 14.1. The van der Waals surface area contributed by atoms with Gasteiger partial charge in [0, 0.05) is 43.2 Å². The Balaban J connectivity index is 1.78. The number of amides is 1. The maximum Gasteiger partial charge on any atom is 0.236 e. The summed E-state index contributed by atoms with van der Waals surface area (Å²) >= 11 is 5.85. The molecule has 1 aromatic carbocycles. The van der Waals surface area contributed by atoms with Gasteiger partial charge in [0.05, 0.1) is 13.2 Å². The number of rotatable bonds is 7. The first-order chi connectivity index (χ1) is 11.1. The fourth-order valence-corrected chi connectivity index (χ4v) is 2.85. The quantitative estimate of drug-likeness (QED) is 0.610. The van der Waals surface area contributed by atoms with Crippen molar-refractivity contribution in [1.82, 2.24) is 10.2 Å². The van der Waals surface area contributed by atoms with Crippen molar-refractivity contribution in [3.8, 4) is 0 Å². The van der Waals surface area contributed by atoms with Crippen molar-refractivity contribution < 1.29 is 14.3 Å². The van der Waals surface area contributed by atoms with Crippen molar-refractivity contribution >= 4 is 23.3 Å². The van der Waals surface area contributed by atoms with E-state index in [0.717, 1.165) is 0 Å². The third-order valence-corrected chi connectivity index (χ3v) is 4.36. The van der Waals surface area contributed by atoms with E-state index in [4.69, 9.17) is 16.3 Å². The molecule has 126 valence electrons. The second kappa shape index (κ2) is 9.01. The Morgan fingerprint density at radius 2 is 1.91 bits per heavy atom. The third-order valence-electron chi connectivity index (χ3n) is 4.11. The highest BCUT2D eigenvalue weighted by atomic mass is 35.5. The second-order valence-electron chi connectivity index (χ2n) is 5.70. The average Bonchev–Trinajstić information content (AvgIpc) is 2.59. The lowest BCUT2D eigenvalue weighted by Crippen LogP contribution is -2.44. The van der Waals surface area contributed by atoms with Crippen LogP contribution < -0.4 is 5.32 Å². The van der Waals surface area contributed by atoms with E-state index in [9.17, 15) is 9.59 Å². The van der Waals surface area contributed by atoms with Gasteiger partial charge in [-0.15, -0.1) is 0 Å². The molecule has 0 aliphatic carbocycles. The molecular formula is C17H23ClN2O3. The van der Waals surface area contributed by atoms with E-state index < -0.39 is 0 Å². The summed E-state index contributed by atoms with van der Waals surface area (Å²) in [5, 5.41) is 3.68. The number of ketones is 1. The number of ether oxygens (including phenoxy) is 1. The number of nitrogens with zero attached hydrogens (tertiary/aromatic N) is 1. The fourth-order valence-electron chi connectivity index (χ4n) is 2.72. The van der Waals surface area contributed by atoms with Gasteiger partial charge in [-0.2, -0.15) is 0 Å². The summed E-state index contributed by atoms with van der Waals surface area (Å²) in [5.74, 6) is 0.215. The van der Waals surface area contributed by atoms with Crippen LogP contribution in [-0.2, 0) is 9.53 Å². The van der Waals surface area contributed by atoms with Gasteiger partial charge in [-0.3, -0.25) is 9.59 Å². The third kappa shape index (κ3) is 5.30. The van der Waals surface area contributed by atoms with Gasteiger partial charge in [0.15, 0.2) is 5.78 Å². The largest absolute Gasteiger partial charge is 0.383 e. The van der Waals surface area contributed by atoms with Crippen molar-refractivity contribution in [2.24, 2.45) is 5.92 Å². The molecule has 1 aromatic rings. The van der Waals surface area contributed by atoms with Crippen molar-refractivity contribution in [1.29, 1.82) is 0 Å². The highest BCUT2D eigenvalue weighted by Gasteiger charge is 2.27. The lowest BCUT2D eigenvalue weighted by Gasteiger charge is -2.31. The van der Waals surface area contributed by atoms with Gasteiger partial charge < -0.3 is 15.0 Å². The molecule has 6 heteroatoms. The number of hydrogen-bond donors (Lipinski definition) is 1. The summed E-state index contributed by atoms with van der Waals surface area (Å²) in [6.45, 7) is 2.83. The summed E-state index contributed by atoms with van der Waals surface area (Å²) in [6, 6.07) is 7.00. The van der Waals surface area contributed by atoms with Crippen LogP contribution in [0.5, 0.6) is 0 Å². The maximum absolute atomic E-state index is 12.5. The van der Waals surface area contributed by atoms with Crippen molar-refractivity contribution in [2.75, 3.05) is 39.9 Å². The molecule has 2 rings (SSSR count). The summed E-state index contributed by atoms with van der Waals surface area (Å²) in [4.78, 5) is 26.4. The molecule has 1 aliphatic heterocycles. The predicted molar refractivity (Wildman–Crippen MR) is 89.8 cm³/mol. The van der Waals surface area contributed by atoms with Crippen molar-refractivity contribution in [3.05, 3.63) is 34.9 Å². The topological polar surface area (TPSA) is 58.6 Å². The Bertz CT molecular complexity index is 525. The Hall–Kier alpha value is -1.43. The van der Waals surface area contributed by atoms with Crippen LogP contribution >= 0.6 is 11.6 Å². The number of piperidine rings is 1. The predicted octanol–water partition coefficient (Wildman–Crippen LogP) is 2.00. The Labute approximate surface area is 141 Å². The first kappa shape index (κ1) is 17.9. The first-order valence-corrected chi connectivity index (χ1v) is 8.27. The Morgan fingerprint density at radius 1 is 1.26 bits per heavy atom. The highest BCUT2D eigenvalue weighted by Crippen LogP contribution is 2.22. The Kier molecular flexibility index (Phi) is 7.02. The molecule has 0 radical (unpaired) electrons. The van der Waals surface area contributed by atoms with Crippen molar-refractivity contribution in [2.45, 2.75) is 12.8 Å². The molecule has 0 atom stereocenters. The molecular weight excluding hydrogens is 316 g/mol. The minimum atomic E-state index is -0.0123. The van der Waals surface area contributed by atoms with E-state index in [2.05, 4.69) is 5.32 Å². The number of hydrogen-bond acceptors (Lipinski definition) is 4. The lowest BCUT2D eigenvalue weighted by molar-refractivity contribution is -0.131. The summed E-state index contributed by atoms with van der Waals surface area (Å²) in [6.07, 6.45) is 1.43. The number of carbonyl (C=O) groups is 2. The van der Waals surface area contributed by atoms with E-state index >= 15 is 0 Å². The molecule has 1 saturated heterocycles. The number of likely N-dealkylation sites (tertiary alicyclic amines) is 1. The van der Waals surface area contributed by atoms with E-state index in [1.54, 1.807) is 31.4 Å².